The Hall–Kier alpha value is 0.596. The van der Waals surface area contributed by atoms with Gasteiger partial charge < -0.3 is 0 Å². The van der Waals surface area contributed by atoms with Crippen LogP contribution in [0.5, 0.6) is 0 Å². The fourth-order valence-electron chi connectivity index (χ4n) is 0.289. The van der Waals surface area contributed by atoms with Gasteiger partial charge in [-0.05, 0) is 0 Å². The van der Waals surface area contributed by atoms with Crippen LogP contribution in [0, 0.1) is 0 Å². The smallest absolute Gasteiger partial charge is 0 e. The van der Waals surface area contributed by atoms with Crippen LogP contribution in [0.25, 0.3) is 0 Å². The van der Waals surface area contributed by atoms with Gasteiger partial charge in [0.2, 0.25) is 0 Å². The van der Waals surface area contributed by atoms with Crippen molar-refractivity contribution in [3.63, 3.8) is 0 Å². The maximum atomic E-state index is 2.28. The molecule has 0 aliphatic heterocycles. The average Bonchev–Trinajstić information content (AvgIpc) is 1.41. The summed E-state index contributed by atoms with van der Waals surface area (Å²) in [5, 5.41) is 0. The Labute approximate surface area is 47.9 Å². The van der Waals surface area contributed by atoms with Crippen LogP contribution in [-0.2, 0) is 0 Å². The summed E-state index contributed by atoms with van der Waals surface area (Å²) in [5.41, 5.74) is 0. The number of rotatable bonds is 2. The molecule has 2 heteroatoms. The van der Waals surface area contributed by atoms with Crippen LogP contribution >= 0.6 is 0 Å². The van der Waals surface area contributed by atoms with E-state index in [2.05, 4.69) is 13.8 Å². The third-order valence-electron chi connectivity index (χ3n) is 0.577. The largest absolute Gasteiger partial charge is 0 e. The summed E-state index contributed by atoms with van der Waals surface area (Å²) in [4.78, 5) is 3.00. The molecule has 0 bridgehead atoms. The number of hydrogen-bond donors (Lipinski definition) is 0. The molecular formula is C4H10GaN. The molecule has 4 radical (unpaired) electrons. The minimum atomic E-state index is 0. The van der Waals surface area contributed by atoms with Crippen LogP contribution in [-0.4, -0.2) is 17.4 Å². The summed E-state index contributed by atoms with van der Waals surface area (Å²) in [6.45, 7) is 4.56. The van der Waals surface area contributed by atoms with Crippen molar-refractivity contribution in [2.24, 2.45) is 0 Å². The van der Waals surface area contributed by atoms with Crippen molar-refractivity contribution in [1.82, 2.24) is 6.15 Å². The van der Waals surface area contributed by atoms with Gasteiger partial charge in [-0.2, -0.15) is 0 Å². The van der Waals surface area contributed by atoms with Crippen LogP contribution in [0.4, 0.5) is 0 Å². The second kappa shape index (κ2) is 9.14. The SMILES string of the molecule is C[CH2][Ga][CH2]C.[N]. The van der Waals surface area contributed by atoms with Gasteiger partial charge in [0.25, 0.3) is 0 Å². The summed E-state index contributed by atoms with van der Waals surface area (Å²) >= 11 is 0.312. The van der Waals surface area contributed by atoms with Crippen molar-refractivity contribution >= 4 is 17.4 Å². The Morgan fingerprint density at radius 2 is 1.50 bits per heavy atom. The summed E-state index contributed by atoms with van der Waals surface area (Å²) in [7, 11) is 0. The van der Waals surface area contributed by atoms with Gasteiger partial charge in [-0.3, -0.25) is 0 Å². The topological polar surface area (TPSA) is 30.5 Å². The van der Waals surface area contributed by atoms with Crippen molar-refractivity contribution in [1.29, 1.82) is 0 Å². The maximum Gasteiger partial charge on any atom is 0 e. The molecular weight excluding hydrogens is 132 g/mol. The summed E-state index contributed by atoms with van der Waals surface area (Å²) < 4.78 is 0. The van der Waals surface area contributed by atoms with Crippen LogP contribution in [0.15, 0.2) is 0 Å². The van der Waals surface area contributed by atoms with E-state index < -0.39 is 0 Å². The molecule has 0 saturated carbocycles. The van der Waals surface area contributed by atoms with Crippen LogP contribution < -0.4 is 6.15 Å². The third-order valence-corrected chi connectivity index (χ3v) is 3.00. The molecule has 0 aromatic carbocycles. The molecule has 0 heterocycles. The van der Waals surface area contributed by atoms with Gasteiger partial charge in [-0.1, -0.05) is 0 Å². The molecule has 0 aromatic rings. The van der Waals surface area contributed by atoms with E-state index in [1.807, 2.05) is 0 Å². The van der Waals surface area contributed by atoms with Crippen molar-refractivity contribution in [3.05, 3.63) is 0 Å². The summed E-state index contributed by atoms with van der Waals surface area (Å²) in [6.07, 6.45) is 0. The molecule has 0 aliphatic rings. The first-order valence-corrected chi connectivity index (χ1v) is 5.66. The molecule has 0 atom stereocenters. The first-order valence-electron chi connectivity index (χ1n) is 2.23. The molecule has 0 aliphatic carbocycles. The quantitative estimate of drug-likeness (QED) is 0.516. The van der Waals surface area contributed by atoms with Crippen molar-refractivity contribution in [2.75, 3.05) is 0 Å². The fraction of sp³-hybridized carbons (Fsp3) is 1.00. The van der Waals surface area contributed by atoms with E-state index in [1.54, 1.807) is 0 Å². The second-order valence-electron chi connectivity index (χ2n) is 1.11. The Bertz CT molecular complexity index is 15.0. The number of hydrogen-bond acceptors (Lipinski definition) is 0. The van der Waals surface area contributed by atoms with E-state index in [9.17, 15) is 0 Å². The van der Waals surface area contributed by atoms with Crippen LogP contribution in [0.3, 0.4) is 0 Å². The van der Waals surface area contributed by atoms with Crippen molar-refractivity contribution < 1.29 is 0 Å². The van der Waals surface area contributed by atoms with E-state index in [4.69, 9.17) is 0 Å². The van der Waals surface area contributed by atoms with Crippen LogP contribution in [0.1, 0.15) is 13.8 Å². The van der Waals surface area contributed by atoms with Gasteiger partial charge in [-0.25, -0.2) is 0 Å². The Morgan fingerprint density at radius 1 is 1.17 bits per heavy atom. The molecule has 0 saturated heterocycles. The molecule has 0 fully saturated rings. The molecule has 0 N–H and O–H groups in total. The Balaban J connectivity index is 0. The van der Waals surface area contributed by atoms with Gasteiger partial charge in [0, 0.05) is 6.15 Å². The van der Waals surface area contributed by atoms with Gasteiger partial charge in [0.1, 0.15) is 0 Å². The molecule has 0 aromatic heterocycles. The molecule has 6 heavy (non-hydrogen) atoms. The fourth-order valence-corrected chi connectivity index (χ4v) is 1.50. The zero-order chi connectivity index (χ0) is 4.12. The van der Waals surface area contributed by atoms with Gasteiger partial charge in [-0.15, -0.1) is 0 Å². The first-order chi connectivity index (χ1) is 2.41. The zero-order valence-corrected chi connectivity index (χ0v) is 6.86. The molecule has 0 amide bonds. The van der Waals surface area contributed by atoms with E-state index in [1.165, 1.54) is 9.95 Å². The van der Waals surface area contributed by atoms with Gasteiger partial charge in [0.15, 0.2) is 0 Å². The summed E-state index contributed by atoms with van der Waals surface area (Å²) in [5.74, 6) is 0. The minimum absolute atomic E-state index is 0. The Morgan fingerprint density at radius 3 is 1.50 bits per heavy atom. The number of nitrogens with zero attached hydrogens (tertiary/aromatic N) is 1. The Kier molecular flexibility index (Phi) is 14.9. The molecule has 1 nitrogen and oxygen atoms in total. The molecule has 0 spiro atoms. The zero-order valence-electron chi connectivity index (χ0n) is 4.44. The molecule has 0 unspecified atom stereocenters. The van der Waals surface area contributed by atoms with E-state index in [-0.39, 0.29) is 6.15 Å². The predicted octanol–water partition coefficient (Wildman–Crippen LogP) is 1.09. The average molecular weight is 142 g/mol. The standard InChI is InChI=1S/2C2H5.Ga.N/c2*1-2;;/h2*1H2,2H3;;. The van der Waals surface area contributed by atoms with E-state index in [0.717, 1.165) is 0 Å². The molecule has 34 valence electrons. The van der Waals surface area contributed by atoms with Gasteiger partial charge >= 0.3 is 41.2 Å². The first kappa shape index (κ1) is 9.78. The summed E-state index contributed by atoms with van der Waals surface area (Å²) in [6, 6.07) is 0. The van der Waals surface area contributed by atoms with E-state index in [0.29, 0.717) is 17.4 Å². The molecule has 0 rings (SSSR count). The predicted molar refractivity (Wildman–Crippen MR) is 28.8 cm³/mol. The third kappa shape index (κ3) is 8.82. The van der Waals surface area contributed by atoms with Crippen molar-refractivity contribution in [2.45, 2.75) is 23.8 Å². The minimum Gasteiger partial charge on any atom is 0 e. The van der Waals surface area contributed by atoms with Crippen LogP contribution in [0.2, 0.25) is 9.95 Å². The normalized spacial score (nSPS) is 6.33. The second-order valence-corrected chi connectivity index (χ2v) is 5.74. The monoisotopic (exact) mass is 141 g/mol. The van der Waals surface area contributed by atoms with Crippen molar-refractivity contribution in [3.8, 4) is 0 Å². The maximum absolute atomic E-state index is 2.28. The van der Waals surface area contributed by atoms with Gasteiger partial charge in [0.05, 0.1) is 0 Å². The van der Waals surface area contributed by atoms with E-state index >= 15 is 0 Å².